The third-order valence-corrected chi connectivity index (χ3v) is 2.61. The lowest BCUT2D eigenvalue weighted by Gasteiger charge is -2.11. The molecule has 0 radical (unpaired) electrons. The van der Waals surface area contributed by atoms with Crippen molar-refractivity contribution >= 4 is 17.7 Å². The van der Waals surface area contributed by atoms with Crippen LogP contribution in [0.3, 0.4) is 0 Å². The minimum Gasteiger partial charge on any atom is -0.469 e. The van der Waals surface area contributed by atoms with E-state index < -0.39 is 5.97 Å². The number of methoxy groups -OCH3 is 1. The van der Waals surface area contributed by atoms with Gasteiger partial charge in [-0.3, -0.25) is 14.4 Å². The highest BCUT2D eigenvalue weighted by Crippen LogP contribution is 2.17. The van der Waals surface area contributed by atoms with E-state index in [4.69, 9.17) is 4.74 Å². The summed E-state index contributed by atoms with van der Waals surface area (Å²) in [7, 11) is 1.31. The van der Waals surface area contributed by atoms with Gasteiger partial charge in [0.1, 0.15) is 12.2 Å². The number of carbonyl (C=O) groups is 3. The smallest absolute Gasteiger partial charge is 0.313 e. The van der Waals surface area contributed by atoms with Crippen molar-refractivity contribution < 1.29 is 23.9 Å². The molecule has 112 valence electrons. The zero-order valence-electron chi connectivity index (χ0n) is 12.3. The van der Waals surface area contributed by atoms with Crippen LogP contribution in [0.4, 0.5) is 0 Å². The van der Waals surface area contributed by atoms with Gasteiger partial charge in [0.25, 0.3) is 0 Å². The molecule has 1 atom stereocenters. The van der Waals surface area contributed by atoms with Gasteiger partial charge in [-0.15, -0.1) is 0 Å². The molecule has 0 unspecified atom stereocenters. The van der Waals surface area contributed by atoms with E-state index in [0.29, 0.717) is 0 Å². The molecule has 0 aromatic carbocycles. The fraction of sp³-hybridized carbons (Fsp3) is 0.533. The lowest BCUT2D eigenvalue weighted by molar-refractivity contribution is -0.145. The van der Waals surface area contributed by atoms with E-state index in [1.165, 1.54) is 7.11 Å². The Hall–Kier alpha value is -1.91. The minimum absolute atomic E-state index is 0.145. The second-order valence-corrected chi connectivity index (χ2v) is 4.39. The van der Waals surface area contributed by atoms with E-state index in [9.17, 15) is 14.4 Å². The van der Waals surface area contributed by atoms with Crippen LogP contribution in [0.2, 0.25) is 0 Å². The molecule has 0 aromatic heterocycles. The first kappa shape index (κ1) is 18.1. The number of allylic oxidation sites excluding steroid dienone is 2. The standard InChI is InChI=1S/C15H22O5/c1-5-20-15(18)10-13(16)9-12(11(2)3)7-6-8-14(17)19-4/h6-7,12H,2,5,8-10H2,1,3-4H3/b7-6+/t12-/m1/s1. The number of carbonyl (C=O) groups excluding carboxylic acids is 3. The van der Waals surface area contributed by atoms with E-state index in [2.05, 4.69) is 11.3 Å². The number of ketones is 1. The Morgan fingerprint density at radius 1 is 1.25 bits per heavy atom. The first-order chi connectivity index (χ1) is 9.40. The molecular formula is C15H22O5. The molecule has 0 aliphatic carbocycles. The summed E-state index contributed by atoms with van der Waals surface area (Å²) in [4.78, 5) is 33.9. The zero-order valence-corrected chi connectivity index (χ0v) is 12.3. The largest absolute Gasteiger partial charge is 0.469 e. The highest BCUT2D eigenvalue weighted by molar-refractivity contribution is 5.95. The quantitative estimate of drug-likeness (QED) is 0.368. The van der Waals surface area contributed by atoms with Crippen molar-refractivity contribution in [3.63, 3.8) is 0 Å². The molecule has 0 heterocycles. The van der Waals surface area contributed by atoms with Crippen LogP contribution in [0.1, 0.15) is 33.1 Å². The fourth-order valence-electron chi connectivity index (χ4n) is 1.51. The number of ether oxygens (including phenoxy) is 2. The van der Waals surface area contributed by atoms with Crippen LogP contribution in [0.15, 0.2) is 24.3 Å². The van der Waals surface area contributed by atoms with Gasteiger partial charge < -0.3 is 9.47 Å². The molecule has 0 aliphatic heterocycles. The SMILES string of the molecule is C=C(C)[C@H](/C=C/CC(=O)OC)CC(=O)CC(=O)OCC. The molecule has 5 nitrogen and oxygen atoms in total. The lowest BCUT2D eigenvalue weighted by Crippen LogP contribution is -2.14. The molecule has 0 rings (SSSR count). The van der Waals surface area contributed by atoms with Gasteiger partial charge in [-0.2, -0.15) is 0 Å². The predicted octanol–water partition coefficient (Wildman–Crippen LogP) is 2.21. The van der Waals surface area contributed by atoms with Gasteiger partial charge in [0.15, 0.2) is 0 Å². The van der Waals surface area contributed by atoms with Crippen LogP contribution in [-0.4, -0.2) is 31.4 Å². The Bertz CT molecular complexity index is 395. The van der Waals surface area contributed by atoms with Gasteiger partial charge in [0, 0.05) is 12.3 Å². The Morgan fingerprint density at radius 3 is 2.40 bits per heavy atom. The van der Waals surface area contributed by atoms with E-state index in [1.807, 2.05) is 0 Å². The van der Waals surface area contributed by atoms with Crippen LogP contribution in [-0.2, 0) is 23.9 Å². The van der Waals surface area contributed by atoms with Gasteiger partial charge in [-0.1, -0.05) is 24.3 Å². The van der Waals surface area contributed by atoms with Crippen molar-refractivity contribution in [1.29, 1.82) is 0 Å². The summed E-state index contributed by atoms with van der Waals surface area (Å²) in [6.45, 7) is 7.55. The zero-order chi connectivity index (χ0) is 15.5. The lowest BCUT2D eigenvalue weighted by atomic mass is 9.94. The first-order valence-electron chi connectivity index (χ1n) is 6.46. The molecule has 5 heteroatoms. The van der Waals surface area contributed by atoms with E-state index in [-0.39, 0.29) is 43.5 Å². The van der Waals surface area contributed by atoms with Gasteiger partial charge in [0.2, 0.25) is 0 Å². The Kier molecular flexibility index (Phi) is 9.00. The molecule has 0 bridgehead atoms. The van der Waals surface area contributed by atoms with Crippen molar-refractivity contribution in [2.45, 2.75) is 33.1 Å². The summed E-state index contributed by atoms with van der Waals surface area (Å²) >= 11 is 0. The number of esters is 2. The minimum atomic E-state index is -0.517. The third kappa shape index (κ3) is 8.24. The van der Waals surface area contributed by atoms with Crippen molar-refractivity contribution in [2.75, 3.05) is 13.7 Å². The molecular weight excluding hydrogens is 260 g/mol. The van der Waals surface area contributed by atoms with Crippen LogP contribution in [0.25, 0.3) is 0 Å². The summed E-state index contributed by atoms with van der Waals surface area (Å²) in [5.41, 5.74) is 0.795. The van der Waals surface area contributed by atoms with E-state index in [0.717, 1.165) is 5.57 Å². The van der Waals surface area contributed by atoms with E-state index >= 15 is 0 Å². The van der Waals surface area contributed by atoms with Gasteiger partial charge >= 0.3 is 11.9 Å². The van der Waals surface area contributed by atoms with Crippen LogP contribution >= 0.6 is 0 Å². The van der Waals surface area contributed by atoms with E-state index in [1.54, 1.807) is 26.0 Å². The van der Waals surface area contributed by atoms with Crippen molar-refractivity contribution in [3.05, 3.63) is 24.3 Å². The number of hydrogen-bond donors (Lipinski definition) is 0. The Balaban J connectivity index is 4.40. The van der Waals surface area contributed by atoms with Crippen LogP contribution in [0.5, 0.6) is 0 Å². The first-order valence-corrected chi connectivity index (χ1v) is 6.46. The van der Waals surface area contributed by atoms with Crippen LogP contribution < -0.4 is 0 Å². The average molecular weight is 282 g/mol. The summed E-state index contributed by atoms with van der Waals surface area (Å²) in [5, 5.41) is 0. The maximum Gasteiger partial charge on any atom is 0.313 e. The molecule has 0 N–H and O–H groups in total. The Labute approximate surface area is 119 Å². The second-order valence-electron chi connectivity index (χ2n) is 4.39. The maximum atomic E-state index is 11.7. The normalized spacial score (nSPS) is 11.9. The molecule has 0 fully saturated rings. The molecule has 0 spiro atoms. The number of rotatable bonds is 9. The molecule has 0 aromatic rings. The summed E-state index contributed by atoms with van der Waals surface area (Å²) in [5.74, 6) is -1.27. The number of hydrogen-bond acceptors (Lipinski definition) is 5. The molecule has 0 aliphatic rings. The summed E-state index contributed by atoms with van der Waals surface area (Å²) in [6.07, 6.45) is 3.46. The van der Waals surface area contributed by atoms with Crippen molar-refractivity contribution in [3.8, 4) is 0 Å². The van der Waals surface area contributed by atoms with Crippen molar-refractivity contribution in [1.82, 2.24) is 0 Å². The topological polar surface area (TPSA) is 69.7 Å². The van der Waals surface area contributed by atoms with Crippen molar-refractivity contribution in [2.24, 2.45) is 5.92 Å². The molecule has 20 heavy (non-hydrogen) atoms. The molecule has 0 saturated carbocycles. The summed E-state index contributed by atoms with van der Waals surface area (Å²) < 4.78 is 9.23. The number of Topliss-reactive ketones (excluding diaryl/α,β-unsaturated/α-hetero) is 1. The van der Waals surface area contributed by atoms with Crippen LogP contribution in [0, 0.1) is 5.92 Å². The van der Waals surface area contributed by atoms with Gasteiger partial charge in [0.05, 0.1) is 20.1 Å². The highest BCUT2D eigenvalue weighted by Gasteiger charge is 2.15. The molecule has 0 amide bonds. The highest BCUT2D eigenvalue weighted by atomic mass is 16.5. The predicted molar refractivity (Wildman–Crippen MR) is 75.0 cm³/mol. The van der Waals surface area contributed by atoms with Gasteiger partial charge in [-0.05, 0) is 13.8 Å². The average Bonchev–Trinajstić information content (AvgIpc) is 2.37. The molecule has 0 saturated heterocycles. The second kappa shape index (κ2) is 9.95. The Morgan fingerprint density at radius 2 is 1.90 bits per heavy atom. The monoisotopic (exact) mass is 282 g/mol. The summed E-state index contributed by atoms with van der Waals surface area (Å²) in [6, 6.07) is 0. The van der Waals surface area contributed by atoms with Gasteiger partial charge in [-0.25, -0.2) is 0 Å². The fourth-order valence-corrected chi connectivity index (χ4v) is 1.51. The maximum absolute atomic E-state index is 11.7. The third-order valence-electron chi connectivity index (χ3n) is 2.61.